The van der Waals surface area contributed by atoms with Gasteiger partial charge in [0.2, 0.25) is 14.9 Å². The van der Waals surface area contributed by atoms with E-state index in [-0.39, 0.29) is 21.4 Å². The average molecular weight is 357 g/mol. The molecule has 9 heteroatoms. The topological polar surface area (TPSA) is 114 Å². The van der Waals surface area contributed by atoms with Gasteiger partial charge < -0.3 is 14.8 Å². The lowest BCUT2D eigenvalue weighted by molar-refractivity contribution is 0.0697. The van der Waals surface area contributed by atoms with Crippen molar-refractivity contribution in [2.45, 2.75) is 25.4 Å². The number of anilines is 1. The van der Waals surface area contributed by atoms with Crippen molar-refractivity contribution in [2.24, 2.45) is 0 Å². The summed E-state index contributed by atoms with van der Waals surface area (Å²) in [7, 11) is -3.55. The Kier molecular flexibility index (Phi) is 4.62. The summed E-state index contributed by atoms with van der Waals surface area (Å²) in [5.41, 5.74) is 0.715. The number of carboxylic acids is 1. The number of carbonyl (C=O) groups excluding carboxylic acids is 1. The smallest absolute Gasteiger partial charge is 0.339 e. The molecule has 0 spiro atoms. The molecule has 0 aliphatic heterocycles. The zero-order valence-electron chi connectivity index (χ0n) is 12.7. The van der Waals surface area contributed by atoms with Crippen LogP contribution in [-0.2, 0) is 16.3 Å². The van der Waals surface area contributed by atoms with E-state index in [1.165, 1.54) is 12.1 Å². The van der Waals surface area contributed by atoms with Crippen LogP contribution in [0.4, 0.5) is 5.00 Å². The van der Waals surface area contributed by atoms with Gasteiger partial charge in [0, 0.05) is 11.1 Å². The van der Waals surface area contributed by atoms with Crippen LogP contribution in [0.15, 0.2) is 21.6 Å². The molecule has 0 unspecified atom stereocenters. The SMILES string of the molecule is CCc1c(C)sc(NC(=O)c2ccc(S(C)(=O)=O)o2)c1C(=O)O. The lowest BCUT2D eigenvalue weighted by atomic mass is 10.1. The summed E-state index contributed by atoms with van der Waals surface area (Å²) in [6.07, 6.45) is 1.49. The van der Waals surface area contributed by atoms with E-state index in [1.807, 2.05) is 6.92 Å². The van der Waals surface area contributed by atoms with Gasteiger partial charge in [-0.15, -0.1) is 11.3 Å². The molecule has 0 radical (unpaired) electrons. The molecule has 2 aromatic heterocycles. The quantitative estimate of drug-likeness (QED) is 0.850. The van der Waals surface area contributed by atoms with E-state index in [0.717, 1.165) is 22.5 Å². The highest BCUT2D eigenvalue weighted by Gasteiger charge is 2.24. The van der Waals surface area contributed by atoms with Crippen LogP contribution in [-0.4, -0.2) is 31.7 Å². The van der Waals surface area contributed by atoms with Crippen molar-refractivity contribution in [1.82, 2.24) is 0 Å². The normalized spacial score (nSPS) is 11.4. The molecule has 124 valence electrons. The maximum atomic E-state index is 12.2. The Labute approximate surface area is 136 Å². The van der Waals surface area contributed by atoms with Gasteiger partial charge in [0.15, 0.2) is 5.76 Å². The molecular weight excluding hydrogens is 342 g/mol. The molecule has 0 aliphatic rings. The van der Waals surface area contributed by atoms with Crippen molar-refractivity contribution in [3.05, 3.63) is 33.9 Å². The number of carboxylic acid groups (broad SMARTS) is 1. The maximum absolute atomic E-state index is 12.2. The highest BCUT2D eigenvalue weighted by molar-refractivity contribution is 7.90. The van der Waals surface area contributed by atoms with E-state index >= 15 is 0 Å². The van der Waals surface area contributed by atoms with Gasteiger partial charge in [-0.1, -0.05) is 6.92 Å². The molecule has 23 heavy (non-hydrogen) atoms. The summed E-state index contributed by atoms with van der Waals surface area (Å²) in [6.45, 7) is 3.61. The third-order valence-corrected chi connectivity index (χ3v) is 5.19. The van der Waals surface area contributed by atoms with E-state index < -0.39 is 21.7 Å². The highest BCUT2D eigenvalue weighted by Crippen LogP contribution is 2.33. The lowest BCUT2D eigenvalue weighted by Crippen LogP contribution is -2.13. The maximum Gasteiger partial charge on any atom is 0.339 e. The number of aryl methyl sites for hydroxylation is 1. The van der Waals surface area contributed by atoms with Crippen LogP contribution < -0.4 is 5.32 Å². The molecule has 7 nitrogen and oxygen atoms in total. The third-order valence-electron chi connectivity index (χ3n) is 3.17. The number of rotatable bonds is 5. The Morgan fingerprint density at radius 2 is 2.00 bits per heavy atom. The number of nitrogens with one attached hydrogen (secondary N) is 1. The van der Waals surface area contributed by atoms with Crippen LogP contribution in [0.25, 0.3) is 0 Å². The molecule has 2 rings (SSSR count). The minimum Gasteiger partial charge on any atom is -0.478 e. The van der Waals surface area contributed by atoms with Crippen LogP contribution >= 0.6 is 11.3 Å². The third kappa shape index (κ3) is 3.45. The molecule has 0 aromatic carbocycles. The van der Waals surface area contributed by atoms with Crippen molar-refractivity contribution >= 4 is 38.1 Å². The average Bonchev–Trinajstić information content (AvgIpc) is 3.02. The molecule has 0 saturated carbocycles. The molecule has 2 aromatic rings. The minimum absolute atomic E-state index is 0.0539. The van der Waals surface area contributed by atoms with E-state index in [9.17, 15) is 23.1 Å². The van der Waals surface area contributed by atoms with Crippen LogP contribution in [0.2, 0.25) is 0 Å². The first kappa shape index (κ1) is 17.2. The van der Waals surface area contributed by atoms with E-state index in [1.54, 1.807) is 6.92 Å². The number of furan rings is 1. The van der Waals surface area contributed by atoms with Crippen molar-refractivity contribution in [3.8, 4) is 0 Å². The van der Waals surface area contributed by atoms with Crippen LogP contribution in [0.5, 0.6) is 0 Å². The Hall–Kier alpha value is -2.13. The number of aromatic carboxylic acids is 1. The fourth-order valence-electron chi connectivity index (χ4n) is 2.12. The van der Waals surface area contributed by atoms with Gasteiger partial charge in [-0.25, -0.2) is 13.2 Å². The number of thiophene rings is 1. The summed E-state index contributed by atoms with van der Waals surface area (Å²) in [5, 5.41) is 11.7. The van der Waals surface area contributed by atoms with Crippen molar-refractivity contribution in [1.29, 1.82) is 0 Å². The summed E-state index contributed by atoms with van der Waals surface area (Å²) < 4.78 is 27.7. The molecule has 0 bridgehead atoms. The Morgan fingerprint density at radius 3 is 2.48 bits per heavy atom. The van der Waals surface area contributed by atoms with E-state index in [2.05, 4.69) is 5.32 Å². The van der Waals surface area contributed by atoms with Gasteiger partial charge in [-0.2, -0.15) is 0 Å². The molecule has 0 atom stereocenters. The number of hydrogen-bond donors (Lipinski definition) is 2. The van der Waals surface area contributed by atoms with Gasteiger partial charge in [0.05, 0.1) is 5.56 Å². The lowest BCUT2D eigenvalue weighted by Gasteiger charge is -2.03. The predicted molar refractivity (Wildman–Crippen MR) is 85.2 cm³/mol. The van der Waals surface area contributed by atoms with Crippen molar-refractivity contribution in [2.75, 3.05) is 11.6 Å². The number of carbonyl (C=O) groups is 2. The van der Waals surface area contributed by atoms with Gasteiger partial charge in [0.25, 0.3) is 5.91 Å². The molecule has 0 saturated heterocycles. The number of amides is 1. The molecule has 0 aliphatic carbocycles. The Balaban J connectivity index is 2.34. The number of sulfone groups is 1. The van der Waals surface area contributed by atoms with Crippen molar-refractivity contribution in [3.63, 3.8) is 0 Å². The second-order valence-corrected chi connectivity index (χ2v) is 8.02. The zero-order chi connectivity index (χ0) is 17.4. The van der Waals surface area contributed by atoms with E-state index in [4.69, 9.17) is 4.42 Å². The molecule has 2 N–H and O–H groups in total. The standard InChI is InChI=1S/C14H15NO6S2/c1-4-8-7(2)22-13(11(8)14(17)18)15-12(16)9-5-6-10(21-9)23(3,19)20/h5-6H,4H2,1-3H3,(H,15,16)(H,17,18). The molecule has 0 fully saturated rings. The van der Waals surface area contributed by atoms with Gasteiger partial charge in [-0.3, -0.25) is 4.79 Å². The first-order chi connectivity index (χ1) is 10.6. The minimum atomic E-state index is -3.55. The monoisotopic (exact) mass is 357 g/mol. The van der Waals surface area contributed by atoms with Gasteiger partial charge in [-0.05, 0) is 31.0 Å². The van der Waals surface area contributed by atoms with Gasteiger partial charge in [0.1, 0.15) is 5.00 Å². The Morgan fingerprint density at radius 1 is 1.35 bits per heavy atom. The largest absolute Gasteiger partial charge is 0.478 e. The summed E-state index contributed by atoms with van der Waals surface area (Å²) >= 11 is 1.16. The number of hydrogen-bond acceptors (Lipinski definition) is 6. The van der Waals surface area contributed by atoms with E-state index in [0.29, 0.717) is 12.0 Å². The molecular formula is C14H15NO6S2. The summed E-state index contributed by atoms with van der Waals surface area (Å²) in [4.78, 5) is 24.4. The zero-order valence-corrected chi connectivity index (χ0v) is 14.3. The highest BCUT2D eigenvalue weighted by atomic mass is 32.2. The first-order valence-electron chi connectivity index (χ1n) is 6.62. The van der Waals surface area contributed by atoms with Gasteiger partial charge >= 0.3 is 5.97 Å². The molecule has 2 heterocycles. The fourth-order valence-corrected chi connectivity index (χ4v) is 3.81. The summed E-state index contributed by atoms with van der Waals surface area (Å²) in [6, 6.07) is 2.41. The van der Waals surface area contributed by atoms with Crippen LogP contribution in [0, 0.1) is 6.92 Å². The van der Waals surface area contributed by atoms with Crippen LogP contribution in [0.1, 0.15) is 38.3 Å². The second-order valence-electron chi connectivity index (χ2n) is 4.84. The first-order valence-corrected chi connectivity index (χ1v) is 9.32. The predicted octanol–water partition coefficient (Wildman–Crippen LogP) is 2.57. The van der Waals surface area contributed by atoms with Crippen molar-refractivity contribution < 1.29 is 27.5 Å². The summed E-state index contributed by atoms with van der Waals surface area (Å²) in [5.74, 6) is -2.03. The second kappa shape index (κ2) is 6.17. The Bertz CT molecular complexity index is 875. The van der Waals surface area contributed by atoms with Crippen LogP contribution in [0.3, 0.4) is 0 Å². The molecule has 1 amide bonds. The fraction of sp³-hybridized carbons (Fsp3) is 0.286.